The van der Waals surface area contributed by atoms with Crippen molar-refractivity contribution < 1.29 is 4.74 Å². The van der Waals surface area contributed by atoms with Gasteiger partial charge in [-0.15, -0.1) is 0 Å². The van der Waals surface area contributed by atoms with Gasteiger partial charge in [0.25, 0.3) is 0 Å². The third-order valence-electron chi connectivity index (χ3n) is 3.99. The smallest absolute Gasteiger partial charge is 0.216 e. The van der Waals surface area contributed by atoms with Gasteiger partial charge in [0.1, 0.15) is 11.6 Å². The van der Waals surface area contributed by atoms with Crippen LogP contribution in [-0.2, 0) is 20.1 Å². The van der Waals surface area contributed by atoms with Gasteiger partial charge in [-0.3, -0.25) is 4.57 Å². The van der Waals surface area contributed by atoms with Crippen molar-refractivity contribution in [2.24, 2.45) is 7.05 Å². The molecule has 0 aliphatic heterocycles. The summed E-state index contributed by atoms with van der Waals surface area (Å²) in [6, 6.07) is 4.07. The molecule has 3 rings (SSSR count). The summed E-state index contributed by atoms with van der Waals surface area (Å²) in [7, 11) is 3.55. The maximum Gasteiger partial charge on any atom is 0.216 e. The van der Waals surface area contributed by atoms with E-state index in [9.17, 15) is 0 Å². The lowest BCUT2D eigenvalue weighted by atomic mass is 10.2. The second-order valence-corrected chi connectivity index (χ2v) is 5.67. The highest BCUT2D eigenvalue weighted by molar-refractivity contribution is 5.31. The van der Waals surface area contributed by atoms with E-state index in [1.807, 2.05) is 43.9 Å². The fraction of sp³-hybridized carbons (Fsp3) is 0.353. The molecule has 3 aromatic rings. The minimum absolute atomic E-state index is 0.700. The molecule has 3 aromatic heterocycles. The zero-order valence-corrected chi connectivity index (χ0v) is 14.4. The number of ether oxygens (including phenoxy) is 1. The van der Waals surface area contributed by atoms with Crippen LogP contribution in [0.4, 0.5) is 0 Å². The molecule has 0 amide bonds. The highest BCUT2D eigenvalue weighted by Crippen LogP contribution is 2.20. The quantitative estimate of drug-likeness (QED) is 0.749. The molecule has 126 valence electrons. The second kappa shape index (κ2) is 6.84. The Morgan fingerprint density at radius 2 is 2.00 bits per heavy atom. The highest BCUT2D eigenvalue weighted by atomic mass is 16.5. The Morgan fingerprint density at radius 1 is 1.17 bits per heavy atom. The van der Waals surface area contributed by atoms with Crippen LogP contribution in [0.2, 0.25) is 0 Å². The SMILES string of the molecule is COc1c(CNCc2ccc(-n3ccnc3C)nc2)c(C)nn1C. The third-order valence-corrected chi connectivity index (χ3v) is 3.99. The first-order valence-corrected chi connectivity index (χ1v) is 7.82. The van der Waals surface area contributed by atoms with E-state index in [2.05, 4.69) is 26.4 Å². The van der Waals surface area contributed by atoms with Gasteiger partial charge in [-0.2, -0.15) is 5.10 Å². The van der Waals surface area contributed by atoms with Crippen LogP contribution < -0.4 is 10.1 Å². The predicted molar refractivity (Wildman–Crippen MR) is 91.1 cm³/mol. The number of imidazole rings is 1. The van der Waals surface area contributed by atoms with Gasteiger partial charge < -0.3 is 10.1 Å². The van der Waals surface area contributed by atoms with Gasteiger partial charge in [-0.25, -0.2) is 14.6 Å². The molecular formula is C17H22N6O. The third kappa shape index (κ3) is 3.16. The summed E-state index contributed by atoms with van der Waals surface area (Å²) in [5.74, 6) is 2.59. The molecule has 24 heavy (non-hydrogen) atoms. The van der Waals surface area contributed by atoms with E-state index in [4.69, 9.17) is 4.74 Å². The molecule has 1 N–H and O–H groups in total. The summed E-state index contributed by atoms with van der Waals surface area (Å²) >= 11 is 0. The Hall–Kier alpha value is -2.67. The highest BCUT2D eigenvalue weighted by Gasteiger charge is 2.13. The van der Waals surface area contributed by atoms with Crippen LogP contribution in [0.3, 0.4) is 0 Å². The van der Waals surface area contributed by atoms with Gasteiger partial charge in [-0.1, -0.05) is 6.07 Å². The van der Waals surface area contributed by atoms with Crippen LogP contribution in [0.1, 0.15) is 22.6 Å². The molecule has 7 nitrogen and oxygen atoms in total. The lowest BCUT2D eigenvalue weighted by Gasteiger charge is -2.08. The molecular weight excluding hydrogens is 304 g/mol. The fourth-order valence-electron chi connectivity index (χ4n) is 2.76. The zero-order chi connectivity index (χ0) is 17.1. The number of hydrogen-bond donors (Lipinski definition) is 1. The van der Waals surface area contributed by atoms with Crippen molar-refractivity contribution >= 4 is 0 Å². The van der Waals surface area contributed by atoms with Crippen molar-refractivity contribution in [1.29, 1.82) is 0 Å². The second-order valence-electron chi connectivity index (χ2n) is 5.67. The summed E-state index contributed by atoms with van der Waals surface area (Å²) in [4.78, 5) is 8.72. The number of pyridine rings is 1. The molecule has 0 saturated heterocycles. The Balaban J connectivity index is 1.63. The van der Waals surface area contributed by atoms with Crippen LogP contribution in [0.25, 0.3) is 5.82 Å². The number of hydrogen-bond acceptors (Lipinski definition) is 5. The van der Waals surface area contributed by atoms with Crippen molar-refractivity contribution in [3.8, 4) is 11.7 Å². The van der Waals surface area contributed by atoms with E-state index in [-0.39, 0.29) is 0 Å². The van der Waals surface area contributed by atoms with Gasteiger partial charge in [0.05, 0.1) is 18.4 Å². The number of methoxy groups -OCH3 is 1. The molecule has 0 aliphatic carbocycles. The molecule has 0 saturated carbocycles. The van der Waals surface area contributed by atoms with E-state index in [0.717, 1.165) is 40.9 Å². The summed E-state index contributed by atoms with van der Waals surface area (Å²) in [6.45, 7) is 5.38. The van der Waals surface area contributed by atoms with E-state index in [0.29, 0.717) is 6.54 Å². The van der Waals surface area contributed by atoms with Gasteiger partial charge in [0, 0.05) is 38.7 Å². The molecule has 0 fully saturated rings. The van der Waals surface area contributed by atoms with Crippen molar-refractivity contribution in [2.45, 2.75) is 26.9 Å². The zero-order valence-electron chi connectivity index (χ0n) is 14.4. The van der Waals surface area contributed by atoms with E-state index >= 15 is 0 Å². The van der Waals surface area contributed by atoms with Gasteiger partial charge in [-0.05, 0) is 25.5 Å². The maximum absolute atomic E-state index is 5.41. The number of nitrogens with one attached hydrogen (secondary N) is 1. The van der Waals surface area contributed by atoms with Crippen molar-refractivity contribution in [3.05, 3.63) is 53.4 Å². The van der Waals surface area contributed by atoms with Crippen molar-refractivity contribution in [1.82, 2.24) is 29.6 Å². The molecule has 0 unspecified atom stereocenters. The number of rotatable bonds is 6. The monoisotopic (exact) mass is 326 g/mol. The lowest BCUT2D eigenvalue weighted by molar-refractivity contribution is 0.368. The Morgan fingerprint density at radius 3 is 2.62 bits per heavy atom. The topological polar surface area (TPSA) is 69.8 Å². The minimum atomic E-state index is 0.700. The molecule has 0 aromatic carbocycles. The molecule has 0 atom stereocenters. The number of aromatic nitrogens is 5. The van der Waals surface area contributed by atoms with Crippen LogP contribution in [-0.4, -0.2) is 31.4 Å². The molecule has 0 aliphatic rings. The van der Waals surface area contributed by atoms with E-state index in [1.54, 1.807) is 18.0 Å². The summed E-state index contributed by atoms with van der Waals surface area (Å²) < 4.78 is 9.13. The number of aryl methyl sites for hydroxylation is 3. The average molecular weight is 326 g/mol. The van der Waals surface area contributed by atoms with Crippen molar-refractivity contribution in [3.63, 3.8) is 0 Å². The first kappa shape index (κ1) is 16.2. The Kier molecular flexibility index (Phi) is 4.61. The molecule has 0 bridgehead atoms. The predicted octanol–water partition coefficient (Wildman–Crippen LogP) is 1.92. The van der Waals surface area contributed by atoms with Gasteiger partial charge in [0.15, 0.2) is 0 Å². The van der Waals surface area contributed by atoms with Gasteiger partial charge >= 0.3 is 0 Å². The molecule has 0 radical (unpaired) electrons. The molecule has 3 heterocycles. The summed E-state index contributed by atoms with van der Waals surface area (Å²) in [5, 5.41) is 7.81. The maximum atomic E-state index is 5.41. The van der Waals surface area contributed by atoms with Crippen LogP contribution >= 0.6 is 0 Å². The fourth-order valence-corrected chi connectivity index (χ4v) is 2.76. The minimum Gasteiger partial charge on any atom is -0.481 e. The normalized spacial score (nSPS) is 11.0. The molecule has 7 heteroatoms. The van der Waals surface area contributed by atoms with Crippen LogP contribution in [0.15, 0.2) is 30.7 Å². The molecule has 0 spiro atoms. The standard InChI is InChI=1S/C17H22N6O/c1-12-15(17(24-4)22(3)21-12)11-18-9-14-5-6-16(20-10-14)23-8-7-19-13(23)2/h5-8,10,18H,9,11H2,1-4H3. The Labute approximate surface area is 141 Å². The summed E-state index contributed by atoms with van der Waals surface area (Å²) in [6.07, 6.45) is 5.57. The largest absolute Gasteiger partial charge is 0.481 e. The van der Waals surface area contributed by atoms with Gasteiger partial charge in [0.2, 0.25) is 5.88 Å². The average Bonchev–Trinajstić information content (AvgIpc) is 3.11. The van der Waals surface area contributed by atoms with E-state index in [1.165, 1.54) is 0 Å². The van der Waals surface area contributed by atoms with Crippen molar-refractivity contribution in [2.75, 3.05) is 7.11 Å². The van der Waals surface area contributed by atoms with E-state index < -0.39 is 0 Å². The Bertz CT molecular complexity index is 818. The lowest BCUT2D eigenvalue weighted by Crippen LogP contribution is -2.14. The van der Waals surface area contributed by atoms with Crippen LogP contribution in [0.5, 0.6) is 5.88 Å². The first-order chi connectivity index (χ1) is 11.6. The first-order valence-electron chi connectivity index (χ1n) is 7.82. The number of nitrogens with zero attached hydrogens (tertiary/aromatic N) is 5. The van der Waals surface area contributed by atoms with Crippen LogP contribution in [0, 0.1) is 13.8 Å². The summed E-state index contributed by atoms with van der Waals surface area (Å²) in [5.41, 5.74) is 3.18.